The molecule has 0 aliphatic heterocycles. The van der Waals surface area contributed by atoms with E-state index >= 15 is 0 Å². The number of nitrogens with two attached hydrogens (primary N) is 1. The van der Waals surface area contributed by atoms with Crippen molar-refractivity contribution in [3.8, 4) is 0 Å². The molecule has 0 bridgehead atoms. The summed E-state index contributed by atoms with van der Waals surface area (Å²) in [5.74, 6) is -0.165. The van der Waals surface area contributed by atoms with Crippen molar-refractivity contribution in [2.45, 2.75) is 33.1 Å². The number of benzene rings is 1. The van der Waals surface area contributed by atoms with Crippen molar-refractivity contribution < 1.29 is 9.72 Å². The monoisotopic (exact) mass is 357 g/mol. The lowest BCUT2D eigenvalue weighted by Gasteiger charge is -2.23. The van der Waals surface area contributed by atoms with Gasteiger partial charge in [-0.15, -0.1) is 0 Å². The van der Waals surface area contributed by atoms with Crippen molar-refractivity contribution in [3.63, 3.8) is 0 Å². The summed E-state index contributed by atoms with van der Waals surface area (Å²) in [7, 11) is 0. The molecule has 1 aromatic rings. The summed E-state index contributed by atoms with van der Waals surface area (Å²) in [6.07, 6.45) is 1.91. The predicted molar refractivity (Wildman–Crippen MR) is 86.1 cm³/mol. The molecule has 0 fully saturated rings. The molecule has 0 aliphatic carbocycles. The number of anilines is 1. The minimum atomic E-state index is -0.494. The van der Waals surface area contributed by atoms with Crippen LogP contribution >= 0.6 is 15.9 Å². The first kappa shape index (κ1) is 17.6. The molecule has 6 nitrogen and oxygen atoms in total. The first-order valence-electron chi connectivity index (χ1n) is 6.69. The molecule has 1 rings (SSSR count). The maximum atomic E-state index is 12.0. The van der Waals surface area contributed by atoms with Crippen LogP contribution in [0.4, 0.5) is 11.4 Å². The number of amides is 1. The first-order chi connectivity index (χ1) is 9.75. The van der Waals surface area contributed by atoms with Gasteiger partial charge in [-0.1, -0.05) is 13.8 Å². The van der Waals surface area contributed by atoms with Gasteiger partial charge in [0.1, 0.15) is 0 Å². The van der Waals surface area contributed by atoms with E-state index in [0.29, 0.717) is 29.5 Å². The van der Waals surface area contributed by atoms with Gasteiger partial charge in [0.15, 0.2) is 0 Å². The Kier molecular flexibility index (Phi) is 6.29. The minimum absolute atomic E-state index is 0.00596. The fourth-order valence-electron chi connectivity index (χ4n) is 1.90. The van der Waals surface area contributed by atoms with E-state index < -0.39 is 4.92 Å². The molecule has 0 heterocycles. The zero-order chi connectivity index (χ0) is 16.0. The standard InChI is InChI=1S/C14H20BrN3O3/c1-14(2,7-8-16)6-5-13(19)17-12-9-10(18(20)21)3-4-11(12)15/h3-4,9H,5-8,16H2,1-2H3,(H,17,19). The fourth-order valence-corrected chi connectivity index (χ4v) is 2.25. The third kappa shape index (κ3) is 5.81. The summed E-state index contributed by atoms with van der Waals surface area (Å²) in [5.41, 5.74) is 5.89. The maximum absolute atomic E-state index is 12.0. The van der Waals surface area contributed by atoms with Gasteiger partial charge in [-0.25, -0.2) is 0 Å². The molecule has 0 saturated carbocycles. The second kappa shape index (κ2) is 7.51. The number of non-ortho nitro benzene ring substituents is 1. The lowest BCUT2D eigenvalue weighted by Crippen LogP contribution is -2.20. The molecular formula is C14H20BrN3O3. The van der Waals surface area contributed by atoms with Gasteiger partial charge in [0.05, 0.1) is 10.6 Å². The molecule has 0 radical (unpaired) electrons. The van der Waals surface area contributed by atoms with Gasteiger partial charge in [-0.3, -0.25) is 14.9 Å². The van der Waals surface area contributed by atoms with Gasteiger partial charge >= 0.3 is 0 Å². The van der Waals surface area contributed by atoms with Gasteiger partial charge < -0.3 is 11.1 Å². The van der Waals surface area contributed by atoms with E-state index in [9.17, 15) is 14.9 Å². The van der Waals surface area contributed by atoms with Crippen molar-refractivity contribution in [1.29, 1.82) is 0 Å². The molecule has 116 valence electrons. The van der Waals surface area contributed by atoms with Crippen LogP contribution in [0.5, 0.6) is 0 Å². The Hall–Kier alpha value is -1.47. The van der Waals surface area contributed by atoms with Crippen molar-refractivity contribution in [3.05, 3.63) is 32.8 Å². The Labute approximate surface area is 132 Å². The Balaban J connectivity index is 2.67. The van der Waals surface area contributed by atoms with Gasteiger partial charge in [0.2, 0.25) is 5.91 Å². The number of rotatable bonds is 7. The van der Waals surface area contributed by atoms with Crippen LogP contribution in [0.15, 0.2) is 22.7 Å². The molecule has 1 aromatic carbocycles. The van der Waals surface area contributed by atoms with Crippen molar-refractivity contribution in [2.24, 2.45) is 11.1 Å². The van der Waals surface area contributed by atoms with Gasteiger partial charge in [-0.2, -0.15) is 0 Å². The van der Waals surface area contributed by atoms with Gasteiger partial charge in [0.25, 0.3) is 5.69 Å². The highest BCUT2D eigenvalue weighted by molar-refractivity contribution is 9.10. The maximum Gasteiger partial charge on any atom is 0.271 e. The molecule has 7 heteroatoms. The molecule has 0 atom stereocenters. The van der Waals surface area contributed by atoms with Crippen LogP contribution in [0.2, 0.25) is 0 Å². The summed E-state index contributed by atoms with van der Waals surface area (Å²) in [6, 6.07) is 4.27. The number of carbonyl (C=O) groups excluding carboxylic acids is 1. The number of nitro groups is 1. The number of nitrogens with zero attached hydrogens (tertiary/aromatic N) is 1. The lowest BCUT2D eigenvalue weighted by molar-refractivity contribution is -0.384. The number of hydrogen-bond donors (Lipinski definition) is 2. The molecule has 0 aliphatic rings. The van der Waals surface area contributed by atoms with Crippen molar-refractivity contribution in [1.82, 2.24) is 0 Å². The fraction of sp³-hybridized carbons (Fsp3) is 0.500. The predicted octanol–water partition coefficient (Wildman–Crippen LogP) is 3.45. The molecule has 0 aromatic heterocycles. The second-order valence-corrected chi connectivity index (χ2v) is 6.53. The third-order valence-corrected chi connectivity index (χ3v) is 3.98. The summed E-state index contributed by atoms with van der Waals surface area (Å²) in [6.45, 7) is 4.72. The van der Waals surface area contributed by atoms with E-state index in [1.54, 1.807) is 6.07 Å². The summed E-state index contributed by atoms with van der Waals surface area (Å²) in [5, 5.41) is 13.4. The van der Waals surface area contributed by atoms with Crippen molar-refractivity contribution in [2.75, 3.05) is 11.9 Å². The number of halogens is 1. The smallest absolute Gasteiger partial charge is 0.271 e. The highest BCUT2D eigenvalue weighted by atomic mass is 79.9. The molecule has 1 amide bonds. The van der Waals surface area contributed by atoms with Gasteiger partial charge in [-0.05, 0) is 46.8 Å². The largest absolute Gasteiger partial charge is 0.330 e. The molecule has 0 unspecified atom stereocenters. The average molecular weight is 358 g/mol. The van der Waals surface area contributed by atoms with E-state index in [-0.39, 0.29) is 17.0 Å². The van der Waals surface area contributed by atoms with Crippen LogP contribution < -0.4 is 11.1 Å². The van der Waals surface area contributed by atoms with Crippen LogP contribution in [0.3, 0.4) is 0 Å². The lowest BCUT2D eigenvalue weighted by atomic mass is 9.84. The Morgan fingerprint density at radius 2 is 2.10 bits per heavy atom. The van der Waals surface area contributed by atoms with Crippen molar-refractivity contribution >= 4 is 33.2 Å². The van der Waals surface area contributed by atoms with Crippen LogP contribution in [0, 0.1) is 15.5 Å². The highest BCUT2D eigenvalue weighted by Gasteiger charge is 2.19. The molecule has 3 N–H and O–H groups in total. The molecule has 21 heavy (non-hydrogen) atoms. The minimum Gasteiger partial charge on any atom is -0.330 e. The first-order valence-corrected chi connectivity index (χ1v) is 7.48. The normalized spacial score (nSPS) is 11.2. The Morgan fingerprint density at radius 3 is 2.67 bits per heavy atom. The quantitative estimate of drug-likeness (QED) is 0.576. The van der Waals surface area contributed by atoms with Gasteiger partial charge in [0, 0.05) is 23.0 Å². The van der Waals surface area contributed by atoms with Crippen LogP contribution in [0.1, 0.15) is 33.1 Å². The number of carbonyl (C=O) groups is 1. The van der Waals surface area contributed by atoms with Crippen LogP contribution in [-0.2, 0) is 4.79 Å². The Bertz CT molecular complexity index is 532. The molecule has 0 saturated heterocycles. The number of nitro benzene ring substituents is 1. The van der Waals surface area contributed by atoms with E-state index in [1.807, 2.05) is 0 Å². The Morgan fingerprint density at radius 1 is 1.43 bits per heavy atom. The van der Waals surface area contributed by atoms with E-state index in [1.165, 1.54) is 12.1 Å². The van der Waals surface area contributed by atoms with E-state index in [2.05, 4.69) is 35.1 Å². The summed E-state index contributed by atoms with van der Waals surface area (Å²) >= 11 is 3.27. The highest BCUT2D eigenvalue weighted by Crippen LogP contribution is 2.29. The molecular weight excluding hydrogens is 338 g/mol. The zero-order valence-corrected chi connectivity index (χ0v) is 13.8. The van der Waals surface area contributed by atoms with E-state index in [4.69, 9.17) is 5.73 Å². The second-order valence-electron chi connectivity index (χ2n) is 5.67. The van der Waals surface area contributed by atoms with Crippen LogP contribution in [-0.4, -0.2) is 17.4 Å². The number of hydrogen-bond acceptors (Lipinski definition) is 4. The topological polar surface area (TPSA) is 98.3 Å². The summed E-state index contributed by atoms with van der Waals surface area (Å²) in [4.78, 5) is 22.2. The van der Waals surface area contributed by atoms with Crippen LogP contribution in [0.25, 0.3) is 0 Å². The average Bonchev–Trinajstić information content (AvgIpc) is 2.39. The zero-order valence-electron chi connectivity index (χ0n) is 12.2. The summed E-state index contributed by atoms with van der Waals surface area (Å²) < 4.78 is 0.614. The van der Waals surface area contributed by atoms with E-state index in [0.717, 1.165) is 6.42 Å². The number of nitrogens with one attached hydrogen (secondary N) is 1. The SMILES string of the molecule is CC(C)(CCN)CCC(=O)Nc1cc([N+](=O)[O-])ccc1Br. The molecule has 0 spiro atoms. The third-order valence-electron chi connectivity index (χ3n) is 3.28.